The standard InChI is InChI=1S/C46H34N4/c1-3-15-31(16-4-1)40-30-45(50-42-25-13-9-21-36(42)34-19-7-8-20-35(34)37-22-10-14-26-43(37)50)48-46(47-40)32-27-28-44-39(29-32)38-23-11-12-24-41(38)49(44)33-17-5-2-6-18-33/h1-30,36-37,42-43H. The van der Waals surface area contributed by atoms with Crippen LogP contribution in [0.3, 0.4) is 0 Å². The summed E-state index contributed by atoms with van der Waals surface area (Å²) in [6, 6.07) is 47.8. The van der Waals surface area contributed by atoms with E-state index in [1.165, 1.54) is 27.4 Å². The van der Waals surface area contributed by atoms with Gasteiger partial charge in [0.1, 0.15) is 5.82 Å². The van der Waals surface area contributed by atoms with Crippen LogP contribution in [-0.4, -0.2) is 26.6 Å². The molecule has 0 saturated carbocycles. The zero-order chi connectivity index (χ0) is 33.0. The summed E-state index contributed by atoms with van der Waals surface area (Å²) in [5.74, 6) is 2.05. The van der Waals surface area contributed by atoms with Crippen LogP contribution in [0, 0.1) is 0 Å². The SMILES string of the molecule is C1=CC2c3ccccc3C3C=CC=CC3N(c3cc(-c4ccccc4)nc(-c4ccc5c(c4)c4ccccc4n5-c4ccccc4)n3)C2C=C1. The van der Waals surface area contributed by atoms with Gasteiger partial charge in [0.2, 0.25) is 0 Å². The van der Waals surface area contributed by atoms with Crippen LogP contribution in [0.2, 0.25) is 0 Å². The van der Waals surface area contributed by atoms with Gasteiger partial charge < -0.3 is 9.47 Å². The molecule has 0 radical (unpaired) electrons. The Bertz CT molecular complexity index is 2470. The van der Waals surface area contributed by atoms with Gasteiger partial charge in [-0.1, -0.05) is 140 Å². The first-order valence-corrected chi connectivity index (χ1v) is 17.4. The van der Waals surface area contributed by atoms with Crippen LogP contribution in [0.15, 0.2) is 182 Å². The molecular formula is C46H34N4. The van der Waals surface area contributed by atoms with Gasteiger partial charge in [-0.05, 0) is 47.5 Å². The Morgan fingerprint density at radius 3 is 1.78 bits per heavy atom. The lowest BCUT2D eigenvalue weighted by molar-refractivity contribution is 0.567. The van der Waals surface area contributed by atoms with Gasteiger partial charge in [-0.2, -0.15) is 0 Å². The zero-order valence-corrected chi connectivity index (χ0v) is 27.4. The fourth-order valence-corrected chi connectivity index (χ4v) is 8.34. The molecule has 2 aliphatic carbocycles. The van der Waals surface area contributed by atoms with Crippen LogP contribution in [0.25, 0.3) is 50.1 Å². The molecule has 50 heavy (non-hydrogen) atoms. The molecule has 4 atom stereocenters. The predicted octanol–water partition coefficient (Wildman–Crippen LogP) is 10.6. The van der Waals surface area contributed by atoms with E-state index in [4.69, 9.17) is 9.97 Å². The largest absolute Gasteiger partial charge is 0.342 e. The lowest BCUT2D eigenvalue weighted by atomic mass is 9.82. The molecule has 5 aromatic carbocycles. The summed E-state index contributed by atoms with van der Waals surface area (Å²) in [7, 11) is 0. The summed E-state index contributed by atoms with van der Waals surface area (Å²) in [6.07, 6.45) is 18.2. The number of fused-ring (bicyclic) bond motifs is 8. The first kappa shape index (κ1) is 28.7. The van der Waals surface area contributed by atoms with Gasteiger partial charge in [-0.25, -0.2) is 9.97 Å². The summed E-state index contributed by atoms with van der Waals surface area (Å²) in [5.41, 5.74) is 9.24. The van der Waals surface area contributed by atoms with E-state index in [-0.39, 0.29) is 23.9 Å². The molecule has 0 fully saturated rings. The number of anilines is 1. The highest BCUT2D eigenvalue weighted by molar-refractivity contribution is 6.10. The minimum absolute atomic E-state index is 0.0880. The van der Waals surface area contributed by atoms with Crippen molar-refractivity contribution in [3.8, 4) is 28.3 Å². The second-order valence-corrected chi connectivity index (χ2v) is 13.3. The van der Waals surface area contributed by atoms with Crippen LogP contribution in [0.1, 0.15) is 23.0 Å². The van der Waals surface area contributed by atoms with E-state index >= 15 is 0 Å². The van der Waals surface area contributed by atoms with E-state index < -0.39 is 0 Å². The van der Waals surface area contributed by atoms with Gasteiger partial charge >= 0.3 is 0 Å². The van der Waals surface area contributed by atoms with Crippen molar-refractivity contribution in [3.05, 3.63) is 193 Å². The van der Waals surface area contributed by atoms with Gasteiger partial charge in [0.05, 0.1) is 28.8 Å². The third kappa shape index (κ3) is 4.60. The van der Waals surface area contributed by atoms with Gasteiger partial charge in [0, 0.05) is 45.5 Å². The molecule has 238 valence electrons. The molecule has 1 aliphatic heterocycles. The Hall–Kier alpha value is -6.26. The topological polar surface area (TPSA) is 34.0 Å². The molecular weight excluding hydrogens is 609 g/mol. The summed E-state index contributed by atoms with van der Waals surface area (Å²) >= 11 is 0. The zero-order valence-electron chi connectivity index (χ0n) is 27.4. The van der Waals surface area contributed by atoms with Crippen LogP contribution in [0.5, 0.6) is 0 Å². The molecule has 7 aromatic rings. The molecule has 4 unspecified atom stereocenters. The van der Waals surface area contributed by atoms with Gasteiger partial charge in [-0.3, -0.25) is 0 Å². The lowest BCUT2D eigenvalue weighted by Gasteiger charge is -2.40. The Labute approximate surface area is 291 Å². The van der Waals surface area contributed by atoms with Crippen molar-refractivity contribution in [1.29, 1.82) is 0 Å². The quantitative estimate of drug-likeness (QED) is 0.192. The smallest absolute Gasteiger partial charge is 0.162 e. The monoisotopic (exact) mass is 642 g/mol. The summed E-state index contributed by atoms with van der Waals surface area (Å²) in [6.45, 7) is 0. The fraction of sp³-hybridized carbons (Fsp3) is 0.0870. The van der Waals surface area contributed by atoms with Crippen molar-refractivity contribution in [1.82, 2.24) is 14.5 Å². The van der Waals surface area contributed by atoms with E-state index in [0.29, 0.717) is 0 Å². The number of benzene rings is 5. The Morgan fingerprint density at radius 2 is 1.06 bits per heavy atom. The third-order valence-electron chi connectivity index (χ3n) is 10.6. The van der Waals surface area contributed by atoms with E-state index in [2.05, 4.69) is 192 Å². The highest BCUT2D eigenvalue weighted by Gasteiger charge is 2.41. The van der Waals surface area contributed by atoms with Crippen molar-refractivity contribution < 1.29 is 0 Å². The van der Waals surface area contributed by atoms with Gasteiger partial charge in [0.15, 0.2) is 5.82 Å². The first-order chi connectivity index (χ1) is 24.8. The fourth-order valence-electron chi connectivity index (χ4n) is 8.34. The summed E-state index contributed by atoms with van der Waals surface area (Å²) < 4.78 is 2.35. The van der Waals surface area contributed by atoms with E-state index in [1.807, 2.05) is 0 Å². The van der Waals surface area contributed by atoms with E-state index in [0.717, 1.165) is 39.7 Å². The van der Waals surface area contributed by atoms with Crippen LogP contribution in [-0.2, 0) is 0 Å². The molecule has 0 spiro atoms. The van der Waals surface area contributed by atoms with Crippen molar-refractivity contribution in [3.63, 3.8) is 0 Å². The first-order valence-electron chi connectivity index (χ1n) is 17.4. The summed E-state index contributed by atoms with van der Waals surface area (Å²) in [5, 5.41) is 2.39. The van der Waals surface area contributed by atoms with Crippen LogP contribution >= 0.6 is 0 Å². The maximum atomic E-state index is 5.48. The molecule has 0 bridgehead atoms. The summed E-state index contributed by atoms with van der Waals surface area (Å²) in [4.78, 5) is 13.3. The normalized spacial score (nSPS) is 20.4. The van der Waals surface area contributed by atoms with Crippen molar-refractivity contribution >= 4 is 27.6 Å². The minimum Gasteiger partial charge on any atom is -0.342 e. The van der Waals surface area contributed by atoms with Gasteiger partial charge in [0.25, 0.3) is 0 Å². The maximum Gasteiger partial charge on any atom is 0.162 e. The molecule has 0 saturated heterocycles. The molecule has 2 aromatic heterocycles. The number of aromatic nitrogens is 3. The average molecular weight is 643 g/mol. The second-order valence-electron chi connectivity index (χ2n) is 13.3. The molecule has 3 heterocycles. The van der Waals surface area contributed by atoms with E-state index in [9.17, 15) is 0 Å². The molecule has 0 N–H and O–H groups in total. The number of rotatable bonds is 4. The third-order valence-corrected chi connectivity index (χ3v) is 10.6. The van der Waals surface area contributed by atoms with Gasteiger partial charge in [-0.15, -0.1) is 0 Å². The van der Waals surface area contributed by atoms with Crippen LogP contribution < -0.4 is 4.90 Å². The van der Waals surface area contributed by atoms with Crippen LogP contribution in [0.4, 0.5) is 5.82 Å². The van der Waals surface area contributed by atoms with Crippen molar-refractivity contribution in [2.24, 2.45) is 0 Å². The number of nitrogens with zero attached hydrogens (tertiary/aromatic N) is 4. The number of para-hydroxylation sites is 2. The molecule has 10 rings (SSSR count). The molecule has 4 heteroatoms. The lowest BCUT2D eigenvalue weighted by Crippen LogP contribution is -2.46. The molecule has 4 nitrogen and oxygen atoms in total. The molecule has 0 amide bonds. The highest BCUT2D eigenvalue weighted by Crippen LogP contribution is 2.45. The number of hydrogen-bond donors (Lipinski definition) is 0. The van der Waals surface area contributed by atoms with Crippen molar-refractivity contribution in [2.75, 3.05) is 4.90 Å². The van der Waals surface area contributed by atoms with E-state index in [1.54, 1.807) is 0 Å². The average Bonchev–Trinajstić information content (AvgIpc) is 3.46. The highest BCUT2D eigenvalue weighted by atomic mass is 15.3. The Balaban J connectivity index is 1.19. The maximum absolute atomic E-state index is 5.48. The minimum atomic E-state index is 0.0880. The predicted molar refractivity (Wildman–Crippen MR) is 206 cm³/mol. The molecule has 3 aliphatic rings. The second kappa shape index (κ2) is 11.7. The van der Waals surface area contributed by atoms with Crippen molar-refractivity contribution in [2.45, 2.75) is 23.9 Å². The Morgan fingerprint density at radius 1 is 0.460 bits per heavy atom. The number of allylic oxidation sites excluding steroid dienone is 4. The Kier molecular flexibility index (Phi) is 6.73. The number of hydrogen-bond acceptors (Lipinski definition) is 3.